The summed E-state index contributed by atoms with van der Waals surface area (Å²) < 4.78 is 7.01. The molecule has 0 saturated carbocycles. The van der Waals surface area contributed by atoms with Gasteiger partial charge in [-0.15, -0.1) is 0 Å². The molecule has 1 N–H and O–H groups in total. The SMILES string of the molecule is CC[C@H](C)c1ccc(OCC[C@@H]2CCCNC2)c(Br)c1. The maximum absolute atomic E-state index is 5.93. The molecule has 1 fully saturated rings. The summed E-state index contributed by atoms with van der Waals surface area (Å²) in [5.41, 5.74) is 1.38. The van der Waals surface area contributed by atoms with Crippen molar-refractivity contribution in [2.45, 2.75) is 45.4 Å². The van der Waals surface area contributed by atoms with E-state index in [4.69, 9.17) is 4.74 Å². The number of hydrogen-bond acceptors (Lipinski definition) is 2. The van der Waals surface area contributed by atoms with Crippen LogP contribution in [-0.2, 0) is 0 Å². The van der Waals surface area contributed by atoms with Gasteiger partial charge in [-0.1, -0.05) is 19.9 Å². The van der Waals surface area contributed by atoms with Gasteiger partial charge >= 0.3 is 0 Å². The molecule has 1 aromatic rings. The lowest BCUT2D eigenvalue weighted by Gasteiger charge is -2.22. The van der Waals surface area contributed by atoms with E-state index in [0.29, 0.717) is 5.92 Å². The molecule has 0 spiro atoms. The third kappa shape index (κ3) is 4.49. The van der Waals surface area contributed by atoms with Crippen LogP contribution < -0.4 is 10.1 Å². The maximum atomic E-state index is 5.93. The minimum atomic E-state index is 0.605. The van der Waals surface area contributed by atoms with Crippen molar-refractivity contribution in [3.63, 3.8) is 0 Å². The van der Waals surface area contributed by atoms with Crippen LogP contribution in [0.15, 0.2) is 22.7 Å². The predicted molar refractivity (Wildman–Crippen MR) is 88.6 cm³/mol. The van der Waals surface area contributed by atoms with Gasteiger partial charge in [-0.05, 0) is 84.2 Å². The van der Waals surface area contributed by atoms with Crippen molar-refractivity contribution in [2.24, 2.45) is 5.92 Å². The van der Waals surface area contributed by atoms with E-state index in [9.17, 15) is 0 Å². The van der Waals surface area contributed by atoms with Crippen LogP contribution in [0.25, 0.3) is 0 Å². The molecule has 2 rings (SSSR count). The first-order chi connectivity index (χ1) is 9.70. The fourth-order valence-corrected chi connectivity index (χ4v) is 3.19. The summed E-state index contributed by atoms with van der Waals surface area (Å²) in [4.78, 5) is 0. The Balaban J connectivity index is 1.83. The van der Waals surface area contributed by atoms with Crippen LogP contribution in [0.5, 0.6) is 5.75 Å². The molecule has 1 aliphatic rings. The Morgan fingerprint density at radius 3 is 2.95 bits per heavy atom. The number of piperidine rings is 1. The third-order valence-electron chi connectivity index (χ3n) is 4.32. The van der Waals surface area contributed by atoms with Gasteiger partial charge in [0, 0.05) is 0 Å². The lowest BCUT2D eigenvalue weighted by Crippen LogP contribution is -2.30. The average molecular weight is 340 g/mol. The number of ether oxygens (including phenoxy) is 1. The third-order valence-corrected chi connectivity index (χ3v) is 4.94. The molecule has 1 aliphatic heterocycles. The summed E-state index contributed by atoms with van der Waals surface area (Å²) in [6.45, 7) is 7.63. The van der Waals surface area contributed by atoms with Gasteiger partial charge in [-0.3, -0.25) is 0 Å². The molecule has 2 atom stereocenters. The molecule has 1 aromatic carbocycles. The van der Waals surface area contributed by atoms with Crippen LogP contribution in [0.2, 0.25) is 0 Å². The Morgan fingerprint density at radius 2 is 2.30 bits per heavy atom. The molecular weight excluding hydrogens is 314 g/mol. The quantitative estimate of drug-likeness (QED) is 0.808. The van der Waals surface area contributed by atoms with Gasteiger partial charge in [0.05, 0.1) is 11.1 Å². The molecule has 1 saturated heterocycles. The van der Waals surface area contributed by atoms with Crippen LogP contribution in [0, 0.1) is 5.92 Å². The van der Waals surface area contributed by atoms with Crippen molar-refractivity contribution >= 4 is 15.9 Å². The average Bonchev–Trinajstić information content (AvgIpc) is 2.49. The zero-order chi connectivity index (χ0) is 14.4. The Kier molecular flexibility index (Phi) is 6.37. The first-order valence-electron chi connectivity index (χ1n) is 7.83. The fraction of sp³-hybridized carbons (Fsp3) is 0.647. The molecule has 20 heavy (non-hydrogen) atoms. The maximum Gasteiger partial charge on any atom is 0.133 e. The van der Waals surface area contributed by atoms with E-state index in [1.54, 1.807) is 0 Å². The molecule has 3 heteroatoms. The largest absolute Gasteiger partial charge is 0.492 e. The van der Waals surface area contributed by atoms with Crippen LogP contribution in [0.4, 0.5) is 0 Å². The van der Waals surface area contributed by atoms with Crippen LogP contribution >= 0.6 is 15.9 Å². The van der Waals surface area contributed by atoms with E-state index >= 15 is 0 Å². The molecular formula is C17H26BrNO. The number of rotatable bonds is 6. The van der Waals surface area contributed by atoms with Crippen molar-refractivity contribution in [3.05, 3.63) is 28.2 Å². The van der Waals surface area contributed by atoms with Gasteiger partial charge in [0.2, 0.25) is 0 Å². The van der Waals surface area contributed by atoms with Gasteiger partial charge in [-0.2, -0.15) is 0 Å². The molecule has 1 heterocycles. The second kappa shape index (κ2) is 8.04. The highest BCUT2D eigenvalue weighted by Crippen LogP contribution is 2.30. The van der Waals surface area contributed by atoms with Crippen LogP contribution in [0.1, 0.15) is 51.0 Å². The van der Waals surface area contributed by atoms with Gasteiger partial charge in [0.1, 0.15) is 5.75 Å². The summed E-state index contributed by atoms with van der Waals surface area (Å²) in [6.07, 6.45) is 4.95. The fourth-order valence-electron chi connectivity index (χ4n) is 2.68. The summed E-state index contributed by atoms with van der Waals surface area (Å²) in [5.74, 6) is 2.36. The molecule has 0 radical (unpaired) electrons. The zero-order valence-corrected chi connectivity index (χ0v) is 14.2. The van der Waals surface area contributed by atoms with Gasteiger partial charge in [0.25, 0.3) is 0 Å². The molecule has 0 aromatic heterocycles. The highest BCUT2D eigenvalue weighted by Gasteiger charge is 2.13. The lowest BCUT2D eigenvalue weighted by atomic mass is 9.97. The molecule has 112 valence electrons. The standard InChI is InChI=1S/C17H26BrNO/c1-3-13(2)15-6-7-17(16(18)11-15)20-10-8-14-5-4-9-19-12-14/h6-7,11,13-14,19H,3-5,8-10,12H2,1-2H3/t13-,14-/m0/s1. The molecule has 0 bridgehead atoms. The van der Waals surface area contributed by atoms with Crippen LogP contribution in [0.3, 0.4) is 0 Å². The highest BCUT2D eigenvalue weighted by atomic mass is 79.9. The first kappa shape index (κ1) is 15.8. The van der Waals surface area contributed by atoms with Gasteiger partial charge in [-0.25, -0.2) is 0 Å². The van der Waals surface area contributed by atoms with E-state index in [0.717, 1.165) is 35.7 Å². The number of hydrogen-bond donors (Lipinski definition) is 1. The normalized spacial score (nSPS) is 20.6. The predicted octanol–water partition coefficient (Wildman–Crippen LogP) is 4.73. The van der Waals surface area contributed by atoms with E-state index in [1.165, 1.54) is 31.4 Å². The lowest BCUT2D eigenvalue weighted by molar-refractivity contribution is 0.253. The van der Waals surface area contributed by atoms with Crippen molar-refractivity contribution in [1.29, 1.82) is 0 Å². The number of nitrogens with one attached hydrogen (secondary N) is 1. The second-order valence-electron chi connectivity index (χ2n) is 5.85. The Morgan fingerprint density at radius 1 is 1.45 bits per heavy atom. The molecule has 0 unspecified atom stereocenters. The second-order valence-corrected chi connectivity index (χ2v) is 6.70. The van der Waals surface area contributed by atoms with Gasteiger partial charge < -0.3 is 10.1 Å². The topological polar surface area (TPSA) is 21.3 Å². The molecule has 0 amide bonds. The van der Waals surface area contributed by atoms with Gasteiger partial charge in [0.15, 0.2) is 0 Å². The van der Waals surface area contributed by atoms with Crippen molar-refractivity contribution in [2.75, 3.05) is 19.7 Å². The minimum absolute atomic E-state index is 0.605. The Bertz CT molecular complexity index is 415. The number of halogens is 1. The summed E-state index contributed by atoms with van der Waals surface area (Å²) in [6, 6.07) is 6.49. The molecule has 2 nitrogen and oxygen atoms in total. The summed E-state index contributed by atoms with van der Waals surface area (Å²) >= 11 is 3.63. The van der Waals surface area contributed by atoms with E-state index in [1.807, 2.05) is 0 Å². The summed E-state index contributed by atoms with van der Waals surface area (Å²) in [7, 11) is 0. The monoisotopic (exact) mass is 339 g/mol. The Hall–Kier alpha value is -0.540. The van der Waals surface area contributed by atoms with E-state index in [2.05, 4.69) is 53.3 Å². The smallest absolute Gasteiger partial charge is 0.133 e. The first-order valence-corrected chi connectivity index (χ1v) is 8.63. The Labute approximate surface area is 131 Å². The number of benzene rings is 1. The minimum Gasteiger partial charge on any atom is -0.492 e. The summed E-state index contributed by atoms with van der Waals surface area (Å²) in [5, 5.41) is 3.46. The van der Waals surface area contributed by atoms with E-state index < -0.39 is 0 Å². The van der Waals surface area contributed by atoms with Crippen molar-refractivity contribution < 1.29 is 4.74 Å². The highest BCUT2D eigenvalue weighted by molar-refractivity contribution is 9.10. The van der Waals surface area contributed by atoms with Crippen LogP contribution in [-0.4, -0.2) is 19.7 Å². The molecule has 0 aliphatic carbocycles. The zero-order valence-electron chi connectivity index (χ0n) is 12.6. The van der Waals surface area contributed by atoms with E-state index in [-0.39, 0.29) is 0 Å². The van der Waals surface area contributed by atoms with Crippen molar-refractivity contribution in [1.82, 2.24) is 5.32 Å². The van der Waals surface area contributed by atoms with Crippen molar-refractivity contribution in [3.8, 4) is 5.75 Å².